The number of amides is 1. The van der Waals surface area contributed by atoms with Gasteiger partial charge in [-0.15, -0.1) is 0 Å². The summed E-state index contributed by atoms with van der Waals surface area (Å²) in [5.41, 5.74) is 2.39. The fraction of sp³-hybridized carbons (Fsp3) is 0.167. The molecule has 0 bridgehead atoms. The summed E-state index contributed by atoms with van der Waals surface area (Å²) in [5.74, 6) is -0.236. The van der Waals surface area contributed by atoms with E-state index in [-0.39, 0.29) is 29.4 Å². The van der Waals surface area contributed by atoms with E-state index in [0.29, 0.717) is 33.6 Å². The molecule has 0 aromatic heterocycles. The zero-order valence-corrected chi connectivity index (χ0v) is 19.2. The highest BCUT2D eigenvalue weighted by Crippen LogP contribution is 2.33. The van der Waals surface area contributed by atoms with Gasteiger partial charge >= 0.3 is 0 Å². The average Bonchev–Trinajstić information content (AvgIpc) is 3.02. The van der Waals surface area contributed by atoms with E-state index in [0.717, 1.165) is 11.1 Å². The fourth-order valence-electron chi connectivity index (χ4n) is 3.33. The van der Waals surface area contributed by atoms with Crippen molar-refractivity contribution in [3.63, 3.8) is 0 Å². The smallest absolute Gasteiger partial charge is 0.242 e. The summed E-state index contributed by atoms with van der Waals surface area (Å²) in [6.07, 6.45) is 0.466. The Bertz CT molecular complexity index is 1160. The summed E-state index contributed by atoms with van der Waals surface area (Å²) in [7, 11) is 0. The summed E-state index contributed by atoms with van der Waals surface area (Å²) in [6.45, 7) is 0.509. The first-order chi connectivity index (χ1) is 15.4. The van der Waals surface area contributed by atoms with Crippen LogP contribution in [-0.4, -0.2) is 20.4 Å². The Morgan fingerprint density at radius 1 is 0.969 bits per heavy atom. The van der Waals surface area contributed by atoms with Gasteiger partial charge in [0.2, 0.25) is 5.91 Å². The second kappa shape index (κ2) is 9.98. The maximum absolute atomic E-state index is 13.3. The molecule has 3 aromatic rings. The first-order valence-electron chi connectivity index (χ1n) is 9.81. The average molecular weight is 490 g/mol. The van der Waals surface area contributed by atoms with Gasteiger partial charge in [-0.3, -0.25) is 9.69 Å². The molecule has 0 radical (unpaired) electrons. The predicted octanol–water partition coefficient (Wildman–Crippen LogP) is 6.17. The van der Waals surface area contributed by atoms with Crippen LogP contribution in [0, 0.1) is 11.6 Å². The van der Waals surface area contributed by atoms with Gasteiger partial charge in [-0.2, -0.15) is 0 Å². The summed E-state index contributed by atoms with van der Waals surface area (Å²) >= 11 is 13.1. The number of carbonyl (C=O) groups is 1. The van der Waals surface area contributed by atoms with E-state index in [1.165, 1.54) is 36.0 Å². The number of thiocarbonyl (C=S) groups is 1. The number of hydrogen-bond donors (Lipinski definition) is 0. The molecule has 32 heavy (non-hydrogen) atoms. The monoisotopic (exact) mass is 489 g/mol. The van der Waals surface area contributed by atoms with Crippen molar-refractivity contribution in [2.75, 3.05) is 0 Å². The highest BCUT2D eigenvalue weighted by molar-refractivity contribution is 8.24. The van der Waals surface area contributed by atoms with Crippen LogP contribution in [0.5, 0.6) is 5.75 Å². The normalized spacial score (nSPS) is 16.0. The predicted molar refractivity (Wildman–Crippen MR) is 127 cm³/mol. The summed E-state index contributed by atoms with van der Waals surface area (Å²) in [4.78, 5) is 14.4. The quantitative estimate of drug-likeness (QED) is 0.371. The van der Waals surface area contributed by atoms with Crippen molar-refractivity contribution in [1.82, 2.24) is 4.90 Å². The minimum absolute atomic E-state index is 0.0770. The van der Waals surface area contributed by atoms with E-state index in [4.69, 9.17) is 28.6 Å². The van der Waals surface area contributed by atoms with Gasteiger partial charge in [-0.05, 0) is 59.5 Å². The molecule has 1 fully saturated rings. The van der Waals surface area contributed by atoms with Crippen molar-refractivity contribution in [2.24, 2.45) is 0 Å². The molecule has 0 spiro atoms. The number of nitrogens with zero attached hydrogens (tertiary/aromatic N) is 1. The van der Waals surface area contributed by atoms with Gasteiger partial charge < -0.3 is 4.74 Å². The van der Waals surface area contributed by atoms with Gasteiger partial charge in [0.25, 0.3) is 0 Å². The van der Waals surface area contributed by atoms with Crippen LogP contribution < -0.4 is 4.74 Å². The molecule has 1 aliphatic rings. The Morgan fingerprint density at radius 3 is 2.44 bits per heavy atom. The Labute approximate surface area is 199 Å². The molecule has 4 rings (SSSR count). The van der Waals surface area contributed by atoms with Crippen molar-refractivity contribution in [3.8, 4) is 5.75 Å². The number of carbonyl (C=O) groups excluding carboxylic acids is 1. The third-order valence-corrected chi connectivity index (χ3v) is 6.84. The lowest BCUT2D eigenvalue weighted by Crippen LogP contribution is -2.31. The minimum Gasteiger partial charge on any atom is -0.487 e. The Kier molecular flexibility index (Phi) is 7.08. The van der Waals surface area contributed by atoms with Crippen LogP contribution in [0.2, 0.25) is 5.02 Å². The molecule has 1 saturated heterocycles. The van der Waals surface area contributed by atoms with Gasteiger partial charge in [0.1, 0.15) is 28.3 Å². The Balaban J connectivity index is 1.38. The third-order valence-electron chi connectivity index (χ3n) is 4.96. The highest BCUT2D eigenvalue weighted by Gasteiger charge is 2.36. The van der Waals surface area contributed by atoms with Crippen LogP contribution in [0.1, 0.15) is 16.7 Å². The number of rotatable bonds is 7. The molecule has 164 valence electrons. The minimum atomic E-state index is -0.349. The third kappa shape index (κ3) is 5.46. The highest BCUT2D eigenvalue weighted by atomic mass is 35.5. The van der Waals surface area contributed by atoms with Crippen LogP contribution in [0.4, 0.5) is 8.78 Å². The molecule has 1 heterocycles. The van der Waals surface area contributed by atoms with Gasteiger partial charge in [-0.25, -0.2) is 8.78 Å². The second-order valence-corrected chi connectivity index (χ2v) is 9.55. The Morgan fingerprint density at radius 2 is 1.72 bits per heavy atom. The SMILES string of the molecule is O=C1[C@H](Cc2ccc(OCc3cccc(F)c3)c(Cl)c2)SC(=S)N1Cc1ccc(F)cc1. The van der Waals surface area contributed by atoms with Gasteiger partial charge in [-0.1, -0.05) is 65.9 Å². The molecule has 0 N–H and O–H groups in total. The lowest BCUT2D eigenvalue weighted by molar-refractivity contribution is -0.126. The molecular formula is C24H18ClF2NO2S2. The van der Waals surface area contributed by atoms with Crippen molar-refractivity contribution in [2.45, 2.75) is 24.8 Å². The van der Waals surface area contributed by atoms with Crippen LogP contribution in [-0.2, 0) is 24.4 Å². The lowest BCUT2D eigenvalue weighted by Gasteiger charge is -2.16. The Hall–Kier alpha value is -2.48. The van der Waals surface area contributed by atoms with E-state index in [1.54, 1.807) is 41.3 Å². The second-order valence-electron chi connectivity index (χ2n) is 7.31. The summed E-state index contributed by atoms with van der Waals surface area (Å²) in [6, 6.07) is 17.6. The lowest BCUT2D eigenvalue weighted by atomic mass is 10.1. The molecule has 0 unspecified atom stereocenters. The van der Waals surface area contributed by atoms with Crippen molar-refractivity contribution < 1.29 is 18.3 Å². The number of hydrogen-bond acceptors (Lipinski definition) is 4. The maximum Gasteiger partial charge on any atom is 0.242 e. The van der Waals surface area contributed by atoms with E-state index in [9.17, 15) is 13.6 Å². The molecular weight excluding hydrogens is 472 g/mol. The number of halogens is 3. The van der Waals surface area contributed by atoms with Crippen LogP contribution >= 0.6 is 35.6 Å². The maximum atomic E-state index is 13.3. The molecule has 3 aromatic carbocycles. The fourth-order valence-corrected chi connectivity index (χ4v) is 5.12. The van der Waals surface area contributed by atoms with Crippen LogP contribution in [0.25, 0.3) is 0 Å². The van der Waals surface area contributed by atoms with E-state index in [1.807, 2.05) is 6.07 Å². The van der Waals surface area contributed by atoms with Gasteiger partial charge in [0, 0.05) is 0 Å². The molecule has 0 aliphatic carbocycles. The number of ether oxygens (including phenoxy) is 1. The van der Waals surface area contributed by atoms with Crippen molar-refractivity contribution >= 4 is 45.8 Å². The van der Waals surface area contributed by atoms with Crippen molar-refractivity contribution in [3.05, 3.63) is 100 Å². The van der Waals surface area contributed by atoms with E-state index >= 15 is 0 Å². The van der Waals surface area contributed by atoms with Crippen molar-refractivity contribution in [1.29, 1.82) is 0 Å². The molecule has 3 nitrogen and oxygen atoms in total. The molecule has 1 atom stereocenters. The molecule has 0 saturated carbocycles. The standard InChI is InChI=1S/C24H18ClF2NO2S2/c25-20-11-16(6-9-21(20)30-14-17-2-1-3-19(27)10-17)12-22-23(29)28(24(31)32-22)13-15-4-7-18(26)8-5-15/h1-11,22H,12-14H2/t22-/m0/s1. The zero-order chi connectivity index (χ0) is 22.7. The number of thioether (sulfide) groups is 1. The number of benzene rings is 3. The summed E-state index contributed by atoms with van der Waals surface area (Å²) < 4.78 is 32.6. The molecule has 8 heteroatoms. The zero-order valence-electron chi connectivity index (χ0n) is 16.8. The van der Waals surface area contributed by atoms with Gasteiger partial charge in [0.05, 0.1) is 16.8 Å². The van der Waals surface area contributed by atoms with Crippen LogP contribution in [0.15, 0.2) is 66.7 Å². The topological polar surface area (TPSA) is 29.5 Å². The summed E-state index contributed by atoms with van der Waals surface area (Å²) in [5, 5.41) is 0.0678. The largest absolute Gasteiger partial charge is 0.487 e. The van der Waals surface area contributed by atoms with E-state index < -0.39 is 0 Å². The first kappa shape index (κ1) is 22.7. The molecule has 1 amide bonds. The van der Waals surface area contributed by atoms with E-state index in [2.05, 4.69) is 0 Å². The molecule has 1 aliphatic heterocycles. The first-order valence-corrected chi connectivity index (χ1v) is 11.5. The van der Waals surface area contributed by atoms with Gasteiger partial charge in [0.15, 0.2) is 0 Å². The van der Waals surface area contributed by atoms with Crippen LogP contribution in [0.3, 0.4) is 0 Å².